The second-order valence-electron chi connectivity index (χ2n) is 6.27. The number of rotatable bonds is 0. The number of fused-ring (bicyclic) bond motifs is 8. The Bertz CT molecular complexity index is 647. The maximum absolute atomic E-state index is 3.98. The summed E-state index contributed by atoms with van der Waals surface area (Å²) in [5.74, 6) is 2.91. The van der Waals surface area contributed by atoms with Crippen LogP contribution in [0.4, 0.5) is 0 Å². The Morgan fingerprint density at radius 3 is 1.30 bits per heavy atom. The zero-order valence-electron chi connectivity index (χ0n) is 10.8. The topological polar surface area (TPSA) is 0 Å². The number of hydrogen-bond donors (Lipinski definition) is 0. The molecule has 6 atom stereocenters. The largest absolute Gasteiger partial charge is 0.0835 e. The van der Waals surface area contributed by atoms with Crippen molar-refractivity contribution in [3.63, 3.8) is 0 Å². The SMILES string of the molecule is BrC1c2ccccc2C2C3c4ccccc4C(Br)C3C12. The van der Waals surface area contributed by atoms with Gasteiger partial charge in [-0.3, -0.25) is 0 Å². The van der Waals surface area contributed by atoms with Crippen molar-refractivity contribution in [2.24, 2.45) is 11.8 Å². The molecule has 0 radical (unpaired) electrons. The Labute approximate surface area is 135 Å². The van der Waals surface area contributed by atoms with Gasteiger partial charge in [0.15, 0.2) is 0 Å². The van der Waals surface area contributed by atoms with E-state index < -0.39 is 0 Å². The summed E-state index contributed by atoms with van der Waals surface area (Å²) >= 11 is 7.96. The van der Waals surface area contributed by atoms with E-state index in [0.717, 1.165) is 11.8 Å². The highest BCUT2D eigenvalue weighted by atomic mass is 79.9. The van der Waals surface area contributed by atoms with Gasteiger partial charge in [0.05, 0.1) is 0 Å². The molecule has 100 valence electrons. The highest BCUT2D eigenvalue weighted by Gasteiger charge is 2.63. The van der Waals surface area contributed by atoms with E-state index in [9.17, 15) is 0 Å². The summed E-state index contributed by atoms with van der Waals surface area (Å²) in [5, 5.41) is 0. The van der Waals surface area contributed by atoms with Crippen LogP contribution in [0.15, 0.2) is 48.5 Å². The fourth-order valence-electron chi connectivity index (χ4n) is 4.91. The lowest BCUT2D eigenvalue weighted by atomic mass is 9.57. The minimum Gasteiger partial charge on any atom is -0.0835 e. The summed E-state index contributed by atoms with van der Waals surface area (Å²) in [6, 6.07) is 18.0. The van der Waals surface area contributed by atoms with E-state index in [1.165, 1.54) is 11.1 Å². The van der Waals surface area contributed by atoms with Crippen LogP contribution in [0.25, 0.3) is 0 Å². The summed E-state index contributed by atoms with van der Waals surface area (Å²) < 4.78 is 0. The first-order valence-electron chi connectivity index (χ1n) is 7.25. The van der Waals surface area contributed by atoms with Crippen LogP contribution in [0.3, 0.4) is 0 Å². The van der Waals surface area contributed by atoms with E-state index in [-0.39, 0.29) is 0 Å². The first-order chi connectivity index (χ1) is 9.79. The molecule has 3 aliphatic rings. The molecule has 0 nitrogen and oxygen atoms in total. The van der Waals surface area contributed by atoms with E-state index in [1.54, 1.807) is 11.1 Å². The van der Waals surface area contributed by atoms with Crippen LogP contribution in [0.5, 0.6) is 0 Å². The molecule has 0 heterocycles. The standard InChI is InChI=1S/C18H14Br2/c19-17-11-7-3-1-5-9(11)13-14-10-6-2-4-8-12(10)18(20)16(14)15(13)17/h1-8,13-18H. The van der Waals surface area contributed by atoms with Crippen molar-refractivity contribution in [2.45, 2.75) is 21.5 Å². The molecule has 3 aliphatic carbocycles. The quantitative estimate of drug-likeness (QED) is 0.507. The second-order valence-corrected chi connectivity index (χ2v) is 8.24. The second kappa shape index (κ2) is 3.98. The average molecular weight is 390 g/mol. The Kier molecular flexibility index (Phi) is 2.39. The third kappa shape index (κ3) is 1.24. The van der Waals surface area contributed by atoms with Gasteiger partial charge < -0.3 is 0 Å². The van der Waals surface area contributed by atoms with Gasteiger partial charge in [0.25, 0.3) is 0 Å². The van der Waals surface area contributed by atoms with Gasteiger partial charge in [0.1, 0.15) is 0 Å². The molecule has 0 spiro atoms. The molecule has 6 unspecified atom stereocenters. The van der Waals surface area contributed by atoms with Crippen molar-refractivity contribution in [3.8, 4) is 0 Å². The fraction of sp³-hybridized carbons (Fsp3) is 0.333. The van der Waals surface area contributed by atoms with Crippen LogP contribution in [-0.4, -0.2) is 0 Å². The van der Waals surface area contributed by atoms with Crippen LogP contribution in [0.1, 0.15) is 43.7 Å². The maximum Gasteiger partial charge on any atom is 0.0435 e. The predicted molar refractivity (Wildman–Crippen MR) is 88.7 cm³/mol. The smallest absolute Gasteiger partial charge is 0.0435 e. The van der Waals surface area contributed by atoms with Gasteiger partial charge >= 0.3 is 0 Å². The lowest BCUT2D eigenvalue weighted by molar-refractivity contribution is 0.121. The van der Waals surface area contributed by atoms with Crippen molar-refractivity contribution < 1.29 is 0 Å². The molecule has 2 aromatic rings. The Morgan fingerprint density at radius 2 is 0.900 bits per heavy atom. The number of benzene rings is 2. The van der Waals surface area contributed by atoms with Crippen molar-refractivity contribution in [1.29, 1.82) is 0 Å². The summed E-state index contributed by atoms with van der Waals surface area (Å²) in [5.41, 5.74) is 6.21. The first-order valence-corrected chi connectivity index (χ1v) is 9.08. The van der Waals surface area contributed by atoms with Crippen LogP contribution in [-0.2, 0) is 0 Å². The molecule has 0 aromatic heterocycles. The lowest BCUT2D eigenvalue weighted by Gasteiger charge is -2.48. The van der Waals surface area contributed by atoms with Gasteiger partial charge in [0, 0.05) is 9.65 Å². The number of alkyl halides is 2. The van der Waals surface area contributed by atoms with Gasteiger partial charge in [-0.25, -0.2) is 0 Å². The van der Waals surface area contributed by atoms with Crippen molar-refractivity contribution >= 4 is 31.9 Å². The van der Waals surface area contributed by atoms with E-state index in [0.29, 0.717) is 21.5 Å². The zero-order chi connectivity index (χ0) is 13.4. The number of halogens is 2. The maximum atomic E-state index is 3.98. The van der Waals surface area contributed by atoms with Gasteiger partial charge in [-0.2, -0.15) is 0 Å². The monoisotopic (exact) mass is 388 g/mol. The minimum absolute atomic E-state index is 0.527. The van der Waals surface area contributed by atoms with Gasteiger partial charge in [-0.15, -0.1) is 0 Å². The molecule has 5 rings (SSSR count). The van der Waals surface area contributed by atoms with Crippen molar-refractivity contribution in [1.82, 2.24) is 0 Å². The Balaban J connectivity index is 1.69. The third-order valence-corrected chi connectivity index (χ3v) is 7.85. The Morgan fingerprint density at radius 1 is 0.550 bits per heavy atom. The van der Waals surface area contributed by atoms with E-state index >= 15 is 0 Å². The molecule has 2 heteroatoms. The molecule has 1 saturated carbocycles. The minimum atomic E-state index is 0.527. The third-order valence-electron chi connectivity index (χ3n) is 5.64. The molecule has 20 heavy (non-hydrogen) atoms. The molecule has 0 saturated heterocycles. The van der Waals surface area contributed by atoms with Crippen LogP contribution in [0, 0.1) is 11.8 Å². The van der Waals surface area contributed by atoms with E-state index in [2.05, 4.69) is 80.4 Å². The zero-order valence-corrected chi connectivity index (χ0v) is 14.0. The molecule has 1 fully saturated rings. The normalized spacial score (nSPS) is 39.5. The van der Waals surface area contributed by atoms with Crippen LogP contribution in [0.2, 0.25) is 0 Å². The molecule has 2 aromatic carbocycles. The highest BCUT2D eigenvalue weighted by Crippen LogP contribution is 2.75. The van der Waals surface area contributed by atoms with Crippen molar-refractivity contribution in [3.05, 3.63) is 70.8 Å². The molecule has 0 aliphatic heterocycles. The summed E-state index contributed by atoms with van der Waals surface area (Å²) in [4.78, 5) is 1.05. The average Bonchev–Trinajstić information content (AvgIpc) is 2.82. The summed E-state index contributed by atoms with van der Waals surface area (Å²) in [6.45, 7) is 0. The van der Waals surface area contributed by atoms with Crippen molar-refractivity contribution in [2.75, 3.05) is 0 Å². The fourth-order valence-corrected chi connectivity index (χ4v) is 7.11. The Hall–Kier alpha value is -0.600. The molecule has 0 amide bonds. The lowest BCUT2D eigenvalue weighted by Crippen LogP contribution is -2.40. The summed E-state index contributed by atoms with van der Waals surface area (Å²) in [7, 11) is 0. The summed E-state index contributed by atoms with van der Waals surface area (Å²) in [6.07, 6.45) is 0. The van der Waals surface area contributed by atoms with Crippen LogP contribution >= 0.6 is 31.9 Å². The molecule has 0 bridgehead atoms. The van der Waals surface area contributed by atoms with Gasteiger partial charge in [-0.1, -0.05) is 80.4 Å². The molecular formula is C18H14Br2. The predicted octanol–water partition coefficient (Wildman–Crippen LogP) is 5.70. The molecular weight excluding hydrogens is 376 g/mol. The van der Waals surface area contributed by atoms with Crippen LogP contribution < -0.4 is 0 Å². The van der Waals surface area contributed by atoms with Gasteiger partial charge in [0.2, 0.25) is 0 Å². The van der Waals surface area contributed by atoms with Gasteiger partial charge in [-0.05, 0) is 45.9 Å². The van der Waals surface area contributed by atoms with E-state index in [1.807, 2.05) is 0 Å². The molecule has 0 N–H and O–H groups in total. The van der Waals surface area contributed by atoms with E-state index in [4.69, 9.17) is 0 Å². The highest BCUT2D eigenvalue weighted by molar-refractivity contribution is 9.09. The first kappa shape index (κ1) is 12.0. The number of hydrogen-bond acceptors (Lipinski definition) is 0.